The minimum Gasteiger partial charge on any atom is -0.155 e. The van der Waals surface area contributed by atoms with Crippen molar-refractivity contribution in [1.29, 1.82) is 0 Å². The average Bonchev–Trinajstić information content (AvgIpc) is 2.62. The lowest BCUT2D eigenvalue weighted by atomic mass is 9.36. The fourth-order valence-corrected chi connectivity index (χ4v) is 17.2. The maximum atomic E-state index is 2.63. The van der Waals surface area contributed by atoms with E-state index in [9.17, 15) is 0 Å². The van der Waals surface area contributed by atoms with Gasteiger partial charge in [0, 0.05) is 11.3 Å². The molecule has 0 saturated heterocycles. The molecule has 2 saturated carbocycles. The molecule has 0 radical (unpaired) electrons. The highest BCUT2D eigenvalue weighted by Crippen LogP contribution is 2.91. The molecule has 1 heterocycles. The van der Waals surface area contributed by atoms with Gasteiger partial charge in [-0.15, -0.1) is 19.8 Å². The zero-order chi connectivity index (χ0) is 16.5. The van der Waals surface area contributed by atoms with Gasteiger partial charge in [0.2, 0.25) is 0 Å². The molecule has 2 heteroatoms. The smallest absolute Gasteiger partial charge is 0.155 e. The van der Waals surface area contributed by atoms with Crippen molar-refractivity contribution >= 4 is 13.0 Å². The van der Waals surface area contributed by atoms with Crippen LogP contribution in [0.1, 0.15) is 98.3 Å². The van der Waals surface area contributed by atoms with Crippen molar-refractivity contribution in [1.82, 2.24) is 0 Å². The highest BCUT2D eigenvalue weighted by Gasteiger charge is 2.67. The van der Waals surface area contributed by atoms with Gasteiger partial charge in [-0.25, -0.2) is 0 Å². The van der Waals surface area contributed by atoms with Crippen molar-refractivity contribution in [2.24, 2.45) is 0 Å². The second-order valence-electron chi connectivity index (χ2n) is 8.89. The van der Waals surface area contributed by atoms with Crippen LogP contribution in [0, 0.1) is 0 Å². The summed E-state index contributed by atoms with van der Waals surface area (Å²) in [5, 5.41) is 2.02. The number of allylic oxidation sites excluding steroid dienone is 2. The van der Waals surface area contributed by atoms with Crippen molar-refractivity contribution in [2.45, 2.75) is 122 Å². The van der Waals surface area contributed by atoms with Gasteiger partial charge < -0.3 is 0 Å². The summed E-state index contributed by atoms with van der Waals surface area (Å²) in [5.74, 6) is -0.152. The van der Waals surface area contributed by atoms with E-state index in [1.165, 1.54) is 57.6 Å². The zero-order valence-electron chi connectivity index (χ0n) is 16.4. The molecule has 0 N–H and O–H groups in total. The third-order valence-corrected chi connectivity index (χ3v) is 16.2. The van der Waals surface area contributed by atoms with Gasteiger partial charge in [0.1, 0.15) is 0 Å². The van der Waals surface area contributed by atoms with Crippen molar-refractivity contribution in [2.75, 3.05) is 0 Å². The van der Waals surface area contributed by atoms with Crippen LogP contribution in [0.3, 0.4) is 0 Å². The lowest BCUT2D eigenvalue weighted by Crippen LogP contribution is -2.55. The first-order valence-electron chi connectivity index (χ1n) is 11.0. The van der Waals surface area contributed by atoms with E-state index >= 15 is 0 Å². The summed E-state index contributed by atoms with van der Waals surface area (Å²) in [4.78, 5) is 0. The summed E-state index contributed by atoms with van der Waals surface area (Å²) in [6.07, 6.45) is 19.9. The van der Waals surface area contributed by atoms with E-state index in [1.807, 2.05) is 10.8 Å². The fraction of sp³-hybridized carbons (Fsp3) is 0.905. The number of hydrogen-bond donors (Lipinski definition) is 0. The molecule has 132 valence electrons. The summed E-state index contributed by atoms with van der Waals surface area (Å²) in [6.45, 7) is 10.2. The molecule has 0 nitrogen and oxygen atoms in total. The van der Waals surface area contributed by atoms with Crippen LogP contribution in [0.2, 0.25) is 12.6 Å². The van der Waals surface area contributed by atoms with Crippen molar-refractivity contribution in [3.05, 3.63) is 10.8 Å². The van der Waals surface area contributed by atoms with Gasteiger partial charge >= 0.3 is 0 Å². The molecule has 3 rings (SSSR count). The van der Waals surface area contributed by atoms with Crippen LogP contribution in [0.15, 0.2) is 10.8 Å². The Hall–Kier alpha value is 0.235. The largest absolute Gasteiger partial charge is 0.198 e. The number of hydrogen-bond acceptors (Lipinski definition) is 0. The van der Waals surface area contributed by atoms with E-state index < -0.39 is 7.14 Å². The second kappa shape index (κ2) is 7.23. The van der Waals surface area contributed by atoms with Gasteiger partial charge in [-0.05, 0) is 63.6 Å². The van der Waals surface area contributed by atoms with Gasteiger partial charge in [-0.3, -0.25) is 0 Å². The molecule has 0 atom stereocenters. The Labute approximate surface area is 146 Å². The summed E-state index contributed by atoms with van der Waals surface area (Å²) >= 11 is 0. The molecule has 0 aromatic heterocycles. The molecule has 0 aromatic carbocycles. The van der Waals surface area contributed by atoms with E-state index in [0.29, 0.717) is 0 Å². The topological polar surface area (TPSA) is 0 Å². The Morgan fingerprint density at radius 2 is 1.22 bits per heavy atom. The van der Waals surface area contributed by atoms with Crippen LogP contribution in [0.4, 0.5) is 0 Å². The molecule has 0 unspecified atom stereocenters. The van der Waals surface area contributed by atoms with E-state index in [4.69, 9.17) is 0 Å². The third-order valence-electron chi connectivity index (χ3n) is 8.60. The Bertz CT molecular complexity index is 419. The zero-order valence-corrected chi connectivity index (χ0v) is 17.3. The first-order valence-corrected chi connectivity index (χ1v) is 13.0. The molecule has 2 aliphatic carbocycles. The van der Waals surface area contributed by atoms with Crippen molar-refractivity contribution < 1.29 is 0 Å². The Kier molecular flexibility index (Phi) is 5.67. The molecule has 0 amide bonds. The quantitative estimate of drug-likeness (QED) is 0.354. The Morgan fingerprint density at radius 1 is 0.783 bits per heavy atom. The predicted octanol–water partition coefficient (Wildman–Crippen LogP) is 7.89. The Balaban J connectivity index is 2.09. The Morgan fingerprint density at radius 3 is 1.57 bits per heavy atom. The minimum absolute atomic E-state index is 0.152. The molecule has 0 spiro atoms. The van der Waals surface area contributed by atoms with E-state index in [0.717, 1.165) is 11.3 Å². The van der Waals surface area contributed by atoms with Crippen LogP contribution in [-0.2, 0) is 0 Å². The molecule has 0 bridgehead atoms. The van der Waals surface area contributed by atoms with Crippen LogP contribution in [0.25, 0.3) is 0 Å². The summed E-state index contributed by atoms with van der Waals surface area (Å²) < 4.78 is 0. The molecule has 2 fully saturated rings. The first kappa shape index (κ1) is 18.0. The SMILES string of the molecule is CCC1=C(C)[P+](C2CCCCC2)(C2CCCCC2)[B-]1(CC)CC. The number of rotatable bonds is 5. The summed E-state index contributed by atoms with van der Waals surface area (Å²) in [5.41, 5.74) is 4.25. The lowest BCUT2D eigenvalue weighted by molar-refractivity contribution is 0.482. The van der Waals surface area contributed by atoms with Crippen LogP contribution in [-0.4, -0.2) is 17.2 Å². The van der Waals surface area contributed by atoms with Crippen LogP contribution < -0.4 is 0 Å². The lowest BCUT2D eigenvalue weighted by Gasteiger charge is -2.68. The molecule has 0 aromatic rings. The maximum absolute atomic E-state index is 2.63. The average molecular weight is 334 g/mol. The van der Waals surface area contributed by atoms with Gasteiger partial charge in [0.05, 0.1) is 0 Å². The van der Waals surface area contributed by atoms with Gasteiger partial charge in [0.15, 0.2) is 5.87 Å². The molecular formula is C21H40BP. The highest BCUT2D eigenvalue weighted by molar-refractivity contribution is 8.15. The van der Waals surface area contributed by atoms with Gasteiger partial charge in [-0.1, -0.05) is 40.0 Å². The van der Waals surface area contributed by atoms with E-state index in [1.54, 1.807) is 25.7 Å². The molecule has 23 heavy (non-hydrogen) atoms. The third kappa shape index (κ3) is 2.43. The normalized spacial score (nSPS) is 28.7. The predicted molar refractivity (Wildman–Crippen MR) is 110 cm³/mol. The van der Waals surface area contributed by atoms with E-state index in [-0.39, 0.29) is 5.87 Å². The standard InChI is InChI=1S/C21H40BP/c1-5-21-18(4)23(22(21,6-2)7-3,19-14-10-8-11-15-19)20-16-12-9-13-17-20/h19-20H,5-17H2,1-4H3. The highest BCUT2D eigenvalue weighted by atomic mass is 31.2. The summed E-state index contributed by atoms with van der Waals surface area (Å²) in [6, 6.07) is 0. The van der Waals surface area contributed by atoms with Gasteiger partial charge in [0.25, 0.3) is 0 Å². The summed E-state index contributed by atoms with van der Waals surface area (Å²) in [7, 11) is -0.883. The minimum atomic E-state index is -0.883. The van der Waals surface area contributed by atoms with Crippen molar-refractivity contribution in [3.63, 3.8) is 0 Å². The van der Waals surface area contributed by atoms with Crippen molar-refractivity contribution in [3.8, 4) is 0 Å². The second-order valence-corrected chi connectivity index (χ2v) is 13.7. The van der Waals surface area contributed by atoms with E-state index in [2.05, 4.69) is 27.7 Å². The molecule has 3 aliphatic rings. The van der Waals surface area contributed by atoms with Crippen LogP contribution >= 0.6 is 7.14 Å². The molecule has 1 aliphatic heterocycles. The first-order chi connectivity index (χ1) is 11.2. The van der Waals surface area contributed by atoms with Crippen LogP contribution in [0.5, 0.6) is 0 Å². The fourth-order valence-electron chi connectivity index (χ4n) is 7.89. The monoisotopic (exact) mass is 334 g/mol. The maximum Gasteiger partial charge on any atom is 0.198 e. The molecular weight excluding hydrogens is 294 g/mol. The van der Waals surface area contributed by atoms with Gasteiger partial charge in [-0.2, -0.15) is 5.47 Å².